The Morgan fingerprint density at radius 2 is 1.59 bits per heavy atom. The lowest BCUT2D eigenvalue weighted by Gasteiger charge is -2.48. The maximum atomic E-state index is 11.0. The van der Waals surface area contributed by atoms with Gasteiger partial charge in [0.2, 0.25) is 0 Å². The molecule has 3 aliphatic heterocycles. The fraction of sp³-hybridized carbons (Fsp3) is 1.00. The molecular weight excluding hydrogens is 516 g/mol. The molecule has 3 saturated heterocycles. The highest BCUT2D eigenvalue weighted by molar-refractivity contribution is 4.95. The van der Waals surface area contributed by atoms with Gasteiger partial charge in [0, 0.05) is 13.7 Å². The molecule has 39 heavy (non-hydrogen) atoms. The summed E-state index contributed by atoms with van der Waals surface area (Å²) >= 11 is 0. The second kappa shape index (κ2) is 14.6. The molecule has 0 spiro atoms. The van der Waals surface area contributed by atoms with Gasteiger partial charge in [-0.15, -0.1) is 0 Å². The van der Waals surface area contributed by atoms with Crippen molar-refractivity contribution < 1.29 is 58.7 Å². The van der Waals surface area contributed by atoms with Crippen LogP contribution in [0.1, 0.15) is 58.8 Å². The average Bonchev–Trinajstić information content (AvgIpc) is 3.03. The van der Waals surface area contributed by atoms with Gasteiger partial charge in [0.05, 0.1) is 37.6 Å². The van der Waals surface area contributed by atoms with E-state index in [-0.39, 0.29) is 12.0 Å². The van der Waals surface area contributed by atoms with E-state index in [9.17, 15) is 25.5 Å². The molecule has 14 atom stereocenters. The second-order valence-corrected chi connectivity index (χ2v) is 11.3. The van der Waals surface area contributed by atoms with Crippen LogP contribution in [0.3, 0.4) is 0 Å². The number of hydrogen-bond acceptors (Lipinski definition) is 12. The van der Waals surface area contributed by atoms with Gasteiger partial charge in [-0.2, -0.15) is 0 Å². The van der Waals surface area contributed by atoms with Crippen LogP contribution in [0.4, 0.5) is 0 Å². The molecule has 228 valence electrons. The molecule has 12 nitrogen and oxygen atoms in total. The molecule has 1 saturated carbocycles. The minimum atomic E-state index is -1.43. The molecule has 0 radical (unpaired) electrons. The number of fused-ring (bicyclic) bond motifs is 1. The lowest BCUT2D eigenvalue weighted by atomic mass is 9.82. The summed E-state index contributed by atoms with van der Waals surface area (Å²) in [6, 6.07) is 0. The highest BCUT2D eigenvalue weighted by Gasteiger charge is 2.51. The normalized spacial score (nSPS) is 48.0. The molecule has 3 heterocycles. The standard InChI is InChI=1S/C27H48O12/c1-4-15-8-7-10-17(23(15)39-26-22(32)21(31)19(29)14(2)35-26)37-27-25-24(20(30)18(12-28)38-27)36-16(13-33-3)9-5-6-11-34-25/h14-32H,4-13H2,1-3H3. The largest absolute Gasteiger partial charge is 0.394 e. The van der Waals surface area contributed by atoms with Gasteiger partial charge in [0.15, 0.2) is 12.6 Å². The van der Waals surface area contributed by atoms with E-state index in [4.69, 9.17) is 33.2 Å². The van der Waals surface area contributed by atoms with E-state index in [0.29, 0.717) is 19.6 Å². The summed E-state index contributed by atoms with van der Waals surface area (Å²) in [5.41, 5.74) is 0. The molecule has 14 unspecified atom stereocenters. The van der Waals surface area contributed by atoms with Crippen molar-refractivity contribution in [2.24, 2.45) is 5.92 Å². The Bertz CT molecular complexity index is 729. The predicted molar refractivity (Wildman–Crippen MR) is 136 cm³/mol. The van der Waals surface area contributed by atoms with Gasteiger partial charge in [-0.05, 0) is 44.9 Å². The predicted octanol–water partition coefficient (Wildman–Crippen LogP) is -0.158. The monoisotopic (exact) mass is 564 g/mol. The van der Waals surface area contributed by atoms with Crippen LogP contribution in [0, 0.1) is 5.92 Å². The molecule has 4 aliphatic rings. The SMILES string of the molecule is CCC1CCCC(OC2OC(CO)C(O)C3OC(COC)CCCCOC23)C1OC1OC(C)C(O)C(O)C1O. The number of aliphatic hydroxyl groups excluding tert-OH is 5. The molecule has 4 rings (SSSR count). The van der Waals surface area contributed by atoms with Crippen LogP contribution in [0.25, 0.3) is 0 Å². The number of hydrogen-bond donors (Lipinski definition) is 5. The first-order valence-electron chi connectivity index (χ1n) is 14.5. The first-order chi connectivity index (χ1) is 18.8. The second-order valence-electron chi connectivity index (χ2n) is 11.3. The smallest absolute Gasteiger partial charge is 0.187 e. The summed E-state index contributed by atoms with van der Waals surface area (Å²) in [6.45, 7) is 4.05. The third kappa shape index (κ3) is 7.30. The van der Waals surface area contributed by atoms with Crippen molar-refractivity contribution >= 4 is 0 Å². The zero-order chi connectivity index (χ0) is 28.1. The van der Waals surface area contributed by atoms with E-state index in [2.05, 4.69) is 6.92 Å². The van der Waals surface area contributed by atoms with E-state index in [1.807, 2.05) is 0 Å². The van der Waals surface area contributed by atoms with Crippen LogP contribution in [-0.2, 0) is 33.2 Å². The van der Waals surface area contributed by atoms with Crippen LogP contribution in [0.2, 0.25) is 0 Å². The minimum Gasteiger partial charge on any atom is -0.394 e. The van der Waals surface area contributed by atoms with Crippen LogP contribution in [0.5, 0.6) is 0 Å². The lowest BCUT2D eigenvalue weighted by Crippen LogP contribution is -2.63. The highest BCUT2D eigenvalue weighted by atomic mass is 16.7. The van der Waals surface area contributed by atoms with Crippen molar-refractivity contribution in [2.45, 2.75) is 139 Å². The maximum absolute atomic E-state index is 11.0. The highest BCUT2D eigenvalue weighted by Crippen LogP contribution is 2.37. The van der Waals surface area contributed by atoms with Gasteiger partial charge >= 0.3 is 0 Å². The Kier molecular flexibility index (Phi) is 11.8. The van der Waals surface area contributed by atoms with Gasteiger partial charge in [0.25, 0.3) is 0 Å². The fourth-order valence-electron chi connectivity index (χ4n) is 6.22. The van der Waals surface area contributed by atoms with E-state index in [0.717, 1.165) is 38.5 Å². The molecule has 12 heteroatoms. The third-order valence-electron chi connectivity index (χ3n) is 8.56. The summed E-state index contributed by atoms with van der Waals surface area (Å²) in [5, 5.41) is 52.0. The van der Waals surface area contributed by atoms with E-state index < -0.39 is 80.2 Å². The summed E-state index contributed by atoms with van der Waals surface area (Å²) in [4.78, 5) is 0. The molecule has 5 N–H and O–H groups in total. The van der Waals surface area contributed by atoms with E-state index in [1.165, 1.54) is 0 Å². The number of ether oxygens (including phenoxy) is 7. The Labute approximate surface area is 230 Å². The molecule has 0 bridgehead atoms. The third-order valence-corrected chi connectivity index (χ3v) is 8.56. The van der Waals surface area contributed by atoms with Crippen LogP contribution in [-0.4, -0.2) is 132 Å². The minimum absolute atomic E-state index is 0.0845. The van der Waals surface area contributed by atoms with Crippen molar-refractivity contribution in [2.75, 3.05) is 26.9 Å². The van der Waals surface area contributed by atoms with Crippen molar-refractivity contribution in [3.05, 3.63) is 0 Å². The van der Waals surface area contributed by atoms with Crippen molar-refractivity contribution in [3.8, 4) is 0 Å². The first-order valence-corrected chi connectivity index (χ1v) is 14.5. The lowest BCUT2D eigenvalue weighted by molar-refractivity contribution is -0.353. The molecule has 4 fully saturated rings. The zero-order valence-corrected chi connectivity index (χ0v) is 23.2. The van der Waals surface area contributed by atoms with Crippen LogP contribution in [0.15, 0.2) is 0 Å². The topological polar surface area (TPSA) is 166 Å². The van der Waals surface area contributed by atoms with Gasteiger partial charge in [-0.3, -0.25) is 0 Å². The Morgan fingerprint density at radius 1 is 0.795 bits per heavy atom. The zero-order valence-electron chi connectivity index (χ0n) is 23.2. The number of rotatable bonds is 8. The van der Waals surface area contributed by atoms with Gasteiger partial charge < -0.3 is 58.7 Å². The molecule has 1 aliphatic carbocycles. The molecule has 0 aromatic rings. The quantitative estimate of drug-likeness (QED) is 0.265. The fourth-order valence-corrected chi connectivity index (χ4v) is 6.22. The van der Waals surface area contributed by atoms with Gasteiger partial charge in [-0.1, -0.05) is 19.8 Å². The maximum Gasteiger partial charge on any atom is 0.187 e. The summed E-state index contributed by atoms with van der Waals surface area (Å²) < 4.78 is 42.5. The van der Waals surface area contributed by atoms with E-state index >= 15 is 0 Å². The Hall–Kier alpha value is -0.480. The number of methoxy groups -OCH3 is 1. The molecule has 0 aromatic heterocycles. The van der Waals surface area contributed by atoms with Gasteiger partial charge in [0.1, 0.15) is 42.7 Å². The summed E-state index contributed by atoms with van der Waals surface area (Å²) in [5.74, 6) is 0.0845. The molecule has 0 aromatic carbocycles. The van der Waals surface area contributed by atoms with Crippen molar-refractivity contribution in [1.82, 2.24) is 0 Å². The van der Waals surface area contributed by atoms with Crippen molar-refractivity contribution in [3.63, 3.8) is 0 Å². The first kappa shape index (κ1) is 31.5. The number of aliphatic hydroxyl groups is 5. The van der Waals surface area contributed by atoms with E-state index in [1.54, 1.807) is 14.0 Å². The molecule has 0 amide bonds. The Balaban J connectivity index is 1.54. The summed E-state index contributed by atoms with van der Waals surface area (Å²) in [6.07, 6.45) is -6.09. The average molecular weight is 565 g/mol. The van der Waals surface area contributed by atoms with Crippen molar-refractivity contribution in [1.29, 1.82) is 0 Å². The van der Waals surface area contributed by atoms with Crippen LogP contribution >= 0.6 is 0 Å². The summed E-state index contributed by atoms with van der Waals surface area (Å²) in [7, 11) is 1.60. The Morgan fingerprint density at radius 3 is 2.31 bits per heavy atom. The van der Waals surface area contributed by atoms with Crippen LogP contribution < -0.4 is 0 Å². The van der Waals surface area contributed by atoms with Gasteiger partial charge in [-0.25, -0.2) is 0 Å². The molecular formula is C27H48O12.